The molecule has 12 heteroatoms. The fraction of sp³-hybridized carbons (Fsp3) is 0.955. The molecule has 0 saturated heterocycles. The molecule has 0 N–H and O–H groups in total. The Labute approximate surface area is 211 Å². The zero-order chi connectivity index (χ0) is 26.1. The molecule has 0 aromatic rings. The Balaban J connectivity index is 5.86. The molecular formula is C22H49NO8Si3. The van der Waals surface area contributed by atoms with Gasteiger partial charge in [0.15, 0.2) is 0 Å². The van der Waals surface area contributed by atoms with Gasteiger partial charge >= 0.3 is 27.4 Å². The van der Waals surface area contributed by atoms with Crippen molar-refractivity contribution in [2.24, 2.45) is 4.99 Å². The van der Waals surface area contributed by atoms with Crippen molar-refractivity contribution in [2.75, 3.05) is 48.8 Å². The summed E-state index contributed by atoms with van der Waals surface area (Å²) in [6.45, 7) is 9.50. The number of isocyanates is 1. The summed E-state index contributed by atoms with van der Waals surface area (Å²) in [5.41, 5.74) is -0.565. The maximum atomic E-state index is 11.6. The van der Waals surface area contributed by atoms with E-state index in [1.165, 1.54) is 0 Å². The van der Waals surface area contributed by atoms with Crippen LogP contribution in [0.15, 0.2) is 4.99 Å². The van der Waals surface area contributed by atoms with Crippen molar-refractivity contribution >= 4 is 33.5 Å². The van der Waals surface area contributed by atoms with Crippen molar-refractivity contribution in [3.8, 4) is 0 Å². The number of carbonyl (C=O) groups excluding carboxylic acids is 1. The number of rotatable bonds is 22. The molecule has 0 aromatic heterocycles. The summed E-state index contributed by atoms with van der Waals surface area (Å²) in [7, 11) is 1.81. The molecule has 2 atom stereocenters. The molecule has 0 rings (SSSR count). The first kappa shape index (κ1) is 33.8. The topological polar surface area (TPSA) is 94.0 Å². The summed E-state index contributed by atoms with van der Waals surface area (Å²) >= 11 is 0. The Hall–Kier alpha value is -0.249. The van der Waals surface area contributed by atoms with Gasteiger partial charge < -0.3 is 31.0 Å². The largest absolute Gasteiger partial charge is 0.500 e. The van der Waals surface area contributed by atoms with Crippen molar-refractivity contribution in [2.45, 2.75) is 88.9 Å². The number of aliphatic imine (C=N–C) groups is 1. The van der Waals surface area contributed by atoms with Crippen LogP contribution in [0.2, 0.25) is 17.1 Å². The highest BCUT2D eigenvalue weighted by Crippen LogP contribution is 2.48. The molecule has 202 valence electrons. The molecule has 0 aliphatic carbocycles. The van der Waals surface area contributed by atoms with Gasteiger partial charge in [-0.25, -0.2) is 4.79 Å². The molecule has 0 aliphatic rings. The third-order valence-electron chi connectivity index (χ3n) is 6.65. The summed E-state index contributed by atoms with van der Waals surface area (Å²) < 4.78 is 40.2. The lowest BCUT2D eigenvalue weighted by Crippen LogP contribution is -2.44. The van der Waals surface area contributed by atoms with Gasteiger partial charge in [-0.3, -0.25) is 0 Å². The van der Waals surface area contributed by atoms with Gasteiger partial charge in [-0.05, 0) is 52.0 Å². The summed E-state index contributed by atoms with van der Waals surface area (Å²) in [5.74, 6) is 0. The Morgan fingerprint density at radius 1 is 0.882 bits per heavy atom. The van der Waals surface area contributed by atoms with Gasteiger partial charge in [0.25, 0.3) is 0 Å². The van der Waals surface area contributed by atoms with Crippen LogP contribution in [0.1, 0.15) is 66.2 Å². The zero-order valence-corrected chi connectivity index (χ0v) is 26.2. The van der Waals surface area contributed by atoms with Crippen LogP contribution in [0.5, 0.6) is 0 Å². The second-order valence-electron chi connectivity index (χ2n) is 8.80. The van der Waals surface area contributed by atoms with Crippen LogP contribution in [0.3, 0.4) is 0 Å². The summed E-state index contributed by atoms with van der Waals surface area (Å²) in [6, 6.07) is 1.55. The summed E-state index contributed by atoms with van der Waals surface area (Å²) in [4.78, 5) is 16.0. The molecule has 0 bridgehead atoms. The number of hydrogen-bond donors (Lipinski definition) is 0. The Morgan fingerprint density at radius 2 is 1.44 bits per heavy atom. The lowest BCUT2D eigenvalue weighted by atomic mass is 9.80. The van der Waals surface area contributed by atoms with Gasteiger partial charge in [0.05, 0.1) is 5.54 Å². The van der Waals surface area contributed by atoms with Crippen LogP contribution in [0.4, 0.5) is 0 Å². The molecule has 0 aromatic carbocycles. The molecule has 0 heterocycles. The van der Waals surface area contributed by atoms with Gasteiger partial charge in [-0.2, -0.15) is 4.99 Å². The predicted molar refractivity (Wildman–Crippen MR) is 141 cm³/mol. The Kier molecular flexibility index (Phi) is 17.9. The van der Waals surface area contributed by atoms with E-state index in [1.54, 1.807) is 35.5 Å². The van der Waals surface area contributed by atoms with Crippen LogP contribution < -0.4 is 0 Å². The first-order valence-corrected chi connectivity index (χ1v) is 17.5. The van der Waals surface area contributed by atoms with Gasteiger partial charge in [0.2, 0.25) is 6.08 Å². The molecule has 0 radical (unpaired) electrons. The number of hydrogen-bond acceptors (Lipinski definition) is 9. The average molecular weight is 540 g/mol. The second kappa shape index (κ2) is 18.1. The molecule has 9 nitrogen and oxygen atoms in total. The molecular weight excluding hydrogens is 490 g/mol. The van der Waals surface area contributed by atoms with Gasteiger partial charge in [0, 0.05) is 59.8 Å². The minimum Gasteiger partial charge on any atom is -0.400 e. The van der Waals surface area contributed by atoms with Gasteiger partial charge in [-0.1, -0.05) is 20.3 Å². The quantitative estimate of drug-likeness (QED) is 0.116. The van der Waals surface area contributed by atoms with E-state index in [9.17, 15) is 4.79 Å². The Bertz CT molecular complexity index is 562. The van der Waals surface area contributed by atoms with Crippen molar-refractivity contribution in [1.29, 1.82) is 0 Å². The zero-order valence-electron chi connectivity index (χ0n) is 22.9. The SMILES string of the molecule is CCO[SiH](OCC)C(C)(CCC[SiH](OC)OC)CC(CC)(CCC[Si](OC)(OC)OC)N=C=O. The van der Waals surface area contributed by atoms with Gasteiger partial charge in [0.1, 0.15) is 0 Å². The lowest BCUT2D eigenvalue weighted by molar-refractivity contribution is 0.121. The summed E-state index contributed by atoms with van der Waals surface area (Å²) in [5, 5.41) is -0.235. The van der Waals surface area contributed by atoms with E-state index in [0.29, 0.717) is 38.5 Å². The van der Waals surface area contributed by atoms with E-state index in [-0.39, 0.29) is 5.04 Å². The standard InChI is InChI=1S/C22H49NO8Si3/c1-10-22(23-20-24,16-14-18-34(27-7,28-8)29-9)19-21(4,33(30-11-2)31-12-3)15-13-17-32(25-5)26-6/h32-33H,10-19H2,1-9H3. The van der Waals surface area contributed by atoms with Crippen molar-refractivity contribution in [3.63, 3.8) is 0 Å². The fourth-order valence-corrected chi connectivity index (χ4v) is 10.1. The smallest absolute Gasteiger partial charge is 0.400 e. The maximum absolute atomic E-state index is 11.6. The third-order valence-corrected chi connectivity index (χ3v) is 14.3. The van der Waals surface area contributed by atoms with Crippen LogP contribution in [-0.2, 0) is 35.8 Å². The average Bonchev–Trinajstić information content (AvgIpc) is 2.84. The predicted octanol–water partition coefficient (Wildman–Crippen LogP) is 3.87. The third kappa shape index (κ3) is 10.8. The normalized spacial score (nSPS) is 15.9. The monoisotopic (exact) mass is 539 g/mol. The highest BCUT2D eigenvalue weighted by Gasteiger charge is 2.46. The van der Waals surface area contributed by atoms with Crippen LogP contribution >= 0.6 is 0 Å². The first-order valence-electron chi connectivity index (χ1n) is 12.3. The molecule has 0 amide bonds. The highest BCUT2D eigenvalue weighted by molar-refractivity contribution is 6.60. The van der Waals surface area contributed by atoms with Crippen LogP contribution in [0, 0.1) is 0 Å². The highest BCUT2D eigenvalue weighted by atomic mass is 28.4. The summed E-state index contributed by atoms with van der Waals surface area (Å²) in [6.07, 6.45) is 6.56. The van der Waals surface area contributed by atoms with Crippen LogP contribution in [-0.4, -0.2) is 87.8 Å². The van der Waals surface area contributed by atoms with Crippen molar-refractivity contribution < 1.29 is 35.8 Å². The second-order valence-corrected chi connectivity index (χ2v) is 17.0. The minimum absolute atomic E-state index is 0.235. The van der Waals surface area contributed by atoms with Crippen molar-refractivity contribution in [3.05, 3.63) is 0 Å². The molecule has 34 heavy (non-hydrogen) atoms. The van der Waals surface area contributed by atoms with Crippen LogP contribution in [0.25, 0.3) is 0 Å². The van der Waals surface area contributed by atoms with E-state index in [2.05, 4.69) is 18.8 Å². The molecule has 2 unspecified atom stereocenters. The van der Waals surface area contributed by atoms with E-state index in [4.69, 9.17) is 31.0 Å². The van der Waals surface area contributed by atoms with E-state index >= 15 is 0 Å². The maximum Gasteiger partial charge on any atom is 0.500 e. The Morgan fingerprint density at radius 3 is 1.85 bits per heavy atom. The first-order chi connectivity index (χ1) is 16.2. The van der Waals surface area contributed by atoms with E-state index < -0.39 is 32.9 Å². The molecule has 0 aliphatic heterocycles. The van der Waals surface area contributed by atoms with E-state index in [1.807, 2.05) is 19.9 Å². The van der Waals surface area contributed by atoms with E-state index in [0.717, 1.165) is 25.3 Å². The molecule has 0 saturated carbocycles. The van der Waals surface area contributed by atoms with Crippen molar-refractivity contribution in [1.82, 2.24) is 0 Å². The molecule has 0 fully saturated rings. The lowest BCUT2D eigenvalue weighted by Gasteiger charge is -2.42. The van der Waals surface area contributed by atoms with Gasteiger partial charge in [-0.15, -0.1) is 0 Å². The minimum atomic E-state index is -2.70. The fourth-order valence-electron chi connectivity index (χ4n) is 4.65. The number of nitrogens with zero attached hydrogens (tertiary/aromatic N) is 1. The molecule has 0 spiro atoms.